The standard InChI is InChI=1S/C38H29P/c1-5-17-30(18-6-1)29-37(31-19-7-2-8-20-31)35-26-14-13-25-34(35)36-27-15-16-28-38(36)39(32-21-9-3-10-22-32)33-23-11-4-12-24-33/h1-29H/b37-29+. The first-order chi connectivity index (χ1) is 19.4. The lowest BCUT2D eigenvalue weighted by Gasteiger charge is -2.24. The van der Waals surface area contributed by atoms with Crippen molar-refractivity contribution in [3.05, 3.63) is 187 Å². The summed E-state index contributed by atoms with van der Waals surface area (Å²) in [7, 11) is -0.744. The molecule has 1 heteroatoms. The summed E-state index contributed by atoms with van der Waals surface area (Å²) in [6, 6.07) is 61.1. The van der Waals surface area contributed by atoms with Gasteiger partial charge in [-0.2, -0.15) is 0 Å². The minimum absolute atomic E-state index is 0.744. The van der Waals surface area contributed by atoms with Gasteiger partial charge in [0, 0.05) is 0 Å². The first-order valence-electron chi connectivity index (χ1n) is 13.3. The third-order valence-corrected chi connectivity index (χ3v) is 9.38. The Kier molecular flexibility index (Phi) is 7.57. The van der Waals surface area contributed by atoms with Crippen molar-refractivity contribution in [1.82, 2.24) is 0 Å². The van der Waals surface area contributed by atoms with Gasteiger partial charge in [-0.3, -0.25) is 0 Å². The van der Waals surface area contributed by atoms with E-state index in [9.17, 15) is 0 Å². The van der Waals surface area contributed by atoms with E-state index in [4.69, 9.17) is 0 Å². The zero-order chi connectivity index (χ0) is 26.3. The Labute approximate surface area is 232 Å². The summed E-state index contributed by atoms with van der Waals surface area (Å²) < 4.78 is 0. The molecule has 0 saturated heterocycles. The highest BCUT2D eigenvalue weighted by Gasteiger charge is 2.22. The van der Waals surface area contributed by atoms with Crippen LogP contribution in [0.2, 0.25) is 0 Å². The highest BCUT2D eigenvalue weighted by atomic mass is 31.1. The van der Waals surface area contributed by atoms with Gasteiger partial charge in [-0.05, 0) is 63.3 Å². The van der Waals surface area contributed by atoms with E-state index < -0.39 is 7.92 Å². The van der Waals surface area contributed by atoms with Crippen molar-refractivity contribution in [2.45, 2.75) is 0 Å². The number of benzene rings is 6. The van der Waals surface area contributed by atoms with Gasteiger partial charge in [0.05, 0.1) is 0 Å². The van der Waals surface area contributed by atoms with E-state index in [1.54, 1.807) is 0 Å². The molecule has 0 aliphatic heterocycles. The Morgan fingerprint density at radius 1 is 0.410 bits per heavy atom. The second-order valence-corrected chi connectivity index (χ2v) is 11.6. The molecule has 6 aromatic carbocycles. The average Bonchev–Trinajstić information content (AvgIpc) is 3.02. The third kappa shape index (κ3) is 5.53. The monoisotopic (exact) mass is 516 g/mol. The van der Waals surface area contributed by atoms with Crippen LogP contribution in [0.15, 0.2) is 170 Å². The topological polar surface area (TPSA) is 0 Å². The SMILES string of the molecule is C(=C(/c1ccccc1)c1ccccc1-c1ccccc1P(c1ccccc1)c1ccccc1)/c1ccccc1. The van der Waals surface area contributed by atoms with Crippen molar-refractivity contribution in [2.24, 2.45) is 0 Å². The molecule has 39 heavy (non-hydrogen) atoms. The van der Waals surface area contributed by atoms with E-state index in [-0.39, 0.29) is 0 Å². The molecule has 0 radical (unpaired) electrons. The van der Waals surface area contributed by atoms with Crippen LogP contribution in [0.4, 0.5) is 0 Å². The fourth-order valence-corrected chi connectivity index (χ4v) is 7.55. The fraction of sp³-hybridized carbons (Fsp3) is 0. The predicted octanol–water partition coefficient (Wildman–Crippen LogP) is 8.70. The molecule has 6 aromatic rings. The number of rotatable bonds is 7. The summed E-state index contributed by atoms with van der Waals surface area (Å²) in [6.07, 6.45) is 2.31. The minimum atomic E-state index is -0.744. The Morgan fingerprint density at radius 2 is 0.872 bits per heavy atom. The van der Waals surface area contributed by atoms with E-state index in [2.05, 4.69) is 176 Å². The zero-order valence-electron chi connectivity index (χ0n) is 21.7. The Morgan fingerprint density at radius 3 is 1.49 bits per heavy atom. The lowest BCUT2D eigenvalue weighted by Crippen LogP contribution is -2.22. The van der Waals surface area contributed by atoms with Crippen molar-refractivity contribution in [3.63, 3.8) is 0 Å². The normalized spacial score (nSPS) is 11.5. The van der Waals surface area contributed by atoms with Gasteiger partial charge in [0.1, 0.15) is 0 Å². The maximum atomic E-state index is 2.32. The molecule has 0 aliphatic rings. The van der Waals surface area contributed by atoms with Crippen LogP contribution in [-0.4, -0.2) is 0 Å². The molecule has 0 saturated carbocycles. The van der Waals surface area contributed by atoms with E-state index in [0.29, 0.717) is 0 Å². The maximum absolute atomic E-state index is 2.32. The summed E-state index contributed by atoms with van der Waals surface area (Å²) in [4.78, 5) is 0. The minimum Gasteiger partial charge on any atom is -0.0622 e. The predicted molar refractivity (Wildman–Crippen MR) is 170 cm³/mol. The van der Waals surface area contributed by atoms with Gasteiger partial charge in [-0.15, -0.1) is 0 Å². The first kappa shape index (κ1) is 24.8. The molecular formula is C38H29P. The van der Waals surface area contributed by atoms with Gasteiger partial charge in [0.15, 0.2) is 0 Å². The van der Waals surface area contributed by atoms with Crippen LogP contribution < -0.4 is 15.9 Å². The second-order valence-electron chi connectivity index (χ2n) is 9.40. The summed E-state index contributed by atoms with van der Waals surface area (Å²) >= 11 is 0. The van der Waals surface area contributed by atoms with Crippen LogP contribution in [0.3, 0.4) is 0 Å². The molecule has 0 heterocycles. The largest absolute Gasteiger partial charge is 0.0622 e. The lowest BCUT2D eigenvalue weighted by molar-refractivity contribution is 1.54. The first-order valence-corrected chi connectivity index (χ1v) is 14.6. The third-order valence-electron chi connectivity index (χ3n) is 6.88. The maximum Gasteiger partial charge on any atom is -0.00724 e. The molecular weight excluding hydrogens is 487 g/mol. The van der Waals surface area contributed by atoms with E-state index in [0.717, 1.165) is 0 Å². The molecule has 0 unspecified atom stereocenters. The molecule has 186 valence electrons. The van der Waals surface area contributed by atoms with Crippen LogP contribution in [0.25, 0.3) is 22.8 Å². The van der Waals surface area contributed by atoms with Gasteiger partial charge in [0.25, 0.3) is 0 Å². The molecule has 0 nitrogen and oxygen atoms in total. The van der Waals surface area contributed by atoms with Gasteiger partial charge in [-0.25, -0.2) is 0 Å². The van der Waals surface area contributed by atoms with Crippen molar-refractivity contribution in [1.29, 1.82) is 0 Å². The van der Waals surface area contributed by atoms with Crippen LogP contribution in [-0.2, 0) is 0 Å². The molecule has 0 aromatic heterocycles. The van der Waals surface area contributed by atoms with E-state index >= 15 is 0 Å². The molecule has 0 spiro atoms. The second kappa shape index (κ2) is 11.9. The van der Waals surface area contributed by atoms with Gasteiger partial charge < -0.3 is 0 Å². The smallest absolute Gasteiger partial charge is 0.00724 e. The molecule has 0 bridgehead atoms. The van der Waals surface area contributed by atoms with Crippen LogP contribution >= 0.6 is 7.92 Å². The van der Waals surface area contributed by atoms with Crippen LogP contribution in [0.5, 0.6) is 0 Å². The quantitative estimate of drug-likeness (QED) is 0.147. The summed E-state index contributed by atoms with van der Waals surface area (Å²) in [5.74, 6) is 0. The highest BCUT2D eigenvalue weighted by Crippen LogP contribution is 2.40. The van der Waals surface area contributed by atoms with Crippen molar-refractivity contribution >= 4 is 35.5 Å². The molecule has 0 fully saturated rings. The van der Waals surface area contributed by atoms with Crippen molar-refractivity contribution in [2.75, 3.05) is 0 Å². The molecule has 6 rings (SSSR count). The fourth-order valence-electron chi connectivity index (χ4n) is 5.08. The summed E-state index contributed by atoms with van der Waals surface area (Å²) in [5, 5.41) is 4.07. The van der Waals surface area contributed by atoms with Crippen LogP contribution in [0.1, 0.15) is 16.7 Å². The van der Waals surface area contributed by atoms with Crippen molar-refractivity contribution in [3.8, 4) is 11.1 Å². The number of hydrogen-bond acceptors (Lipinski definition) is 0. The average molecular weight is 517 g/mol. The van der Waals surface area contributed by atoms with Crippen LogP contribution in [0, 0.1) is 0 Å². The Hall–Kier alpha value is -4.51. The van der Waals surface area contributed by atoms with Gasteiger partial charge >= 0.3 is 0 Å². The number of hydrogen-bond donors (Lipinski definition) is 0. The molecule has 0 atom stereocenters. The molecule has 0 aliphatic carbocycles. The van der Waals surface area contributed by atoms with E-state index in [1.165, 1.54) is 49.3 Å². The summed E-state index contributed by atoms with van der Waals surface area (Å²) in [5.41, 5.74) is 7.38. The van der Waals surface area contributed by atoms with Gasteiger partial charge in [0.2, 0.25) is 0 Å². The van der Waals surface area contributed by atoms with Crippen molar-refractivity contribution < 1.29 is 0 Å². The zero-order valence-corrected chi connectivity index (χ0v) is 22.6. The Balaban J connectivity index is 1.58. The molecule has 0 amide bonds. The van der Waals surface area contributed by atoms with Gasteiger partial charge in [-0.1, -0.05) is 170 Å². The summed E-state index contributed by atoms with van der Waals surface area (Å²) in [6.45, 7) is 0. The lowest BCUT2D eigenvalue weighted by atomic mass is 9.89. The molecule has 0 N–H and O–H groups in total. The highest BCUT2D eigenvalue weighted by molar-refractivity contribution is 7.80. The van der Waals surface area contributed by atoms with E-state index in [1.807, 2.05) is 0 Å². The Bertz CT molecular complexity index is 1630.